The van der Waals surface area contributed by atoms with Gasteiger partial charge in [-0.1, -0.05) is 11.6 Å². The molecular weight excluding hydrogens is 280 g/mol. The van der Waals surface area contributed by atoms with Crippen LogP contribution < -0.4 is 5.73 Å². The second kappa shape index (κ2) is 6.34. The van der Waals surface area contributed by atoms with E-state index in [0.29, 0.717) is 0 Å². The number of carbonyl (C=O) groups is 1. The lowest BCUT2D eigenvalue weighted by atomic mass is 10.1. The third-order valence-electron chi connectivity index (χ3n) is 3.16. The van der Waals surface area contributed by atoms with E-state index in [2.05, 4.69) is 4.74 Å². The summed E-state index contributed by atoms with van der Waals surface area (Å²) in [5.74, 6) is -0.680. The summed E-state index contributed by atoms with van der Waals surface area (Å²) in [5, 5.41) is 0. The fourth-order valence-corrected chi connectivity index (χ4v) is 3.21. The van der Waals surface area contributed by atoms with Gasteiger partial charge in [-0.25, -0.2) is 13.2 Å². The van der Waals surface area contributed by atoms with E-state index in [-0.39, 0.29) is 23.0 Å². The number of likely N-dealkylation sites (N-methyl/N-ethyl adjacent to an activating group) is 1. The normalized spacial score (nSPS) is 13.3. The lowest BCUT2D eigenvalue weighted by Crippen LogP contribution is -2.40. The summed E-state index contributed by atoms with van der Waals surface area (Å²) in [7, 11) is -1.15. The van der Waals surface area contributed by atoms with Gasteiger partial charge in [0.25, 0.3) is 0 Å². The molecule has 7 heteroatoms. The van der Waals surface area contributed by atoms with Crippen LogP contribution in [0, 0.1) is 6.92 Å². The highest BCUT2D eigenvalue weighted by Crippen LogP contribution is 2.22. The molecular formula is C13H20N2O4S. The van der Waals surface area contributed by atoms with Gasteiger partial charge in [-0.2, -0.15) is 4.31 Å². The number of rotatable bonds is 5. The van der Waals surface area contributed by atoms with E-state index in [1.54, 1.807) is 19.9 Å². The summed E-state index contributed by atoms with van der Waals surface area (Å²) in [4.78, 5) is 11.7. The number of hydrogen-bond donors (Lipinski definition) is 1. The average molecular weight is 300 g/mol. The summed E-state index contributed by atoms with van der Waals surface area (Å²) >= 11 is 0. The highest BCUT2D eigenvalue weighted by Gasteiger charge is 2.29. The monoisotopic (exact) mass is 300 g/mol. The van der Waals surface area contributed by atoms with Crippen molar-refractivity contribution >= 4 is 16.0 Å². The molecule has 0 amide bonds. The number of ether oxygens (including phenoxy) is 1. The van der Waals surface area contributed by atoms with E-state index >= 15 is 0 Å². The molecule has 0 aromatic heterocycles. The SMILES string of the molecule is COC(=O)c1cc(C)ccc1S(=O)(=O)N(C)C(C)CN. The van der Waals surface area contributed by atoms with E-state index in [1.807, 2.05) is 0 Å². The predicted molar refractivity (Wildman–Crippen MR) is 76.0 cm³/mol. The van der Waals surface area contributed by atoms with Crippen LogP contribution in [-0.2, 0) is 14.8 Å². The largest absolute Gasteiger partial charge is 0.465 e. The van der Waals surface area contributed by atoms with Gasteiger partial charge in [0.05, 0.1) is 17.6 Å². The van der Waals surface area contributed by atoms with Crippen LogP contribution in [0.15, 0.2) is 23.1 Å². The molecule has 1 rings (SSSR count). The van der Waals surface area contributed by atoms with Crippen LogP contribution in [0.3, 0.4) is 0 Å². The van der Waals surface area contributed by atoms with Crippen LogP contribution in [0.25, 0.3) is 0 Å². The summed E-state index contributed by atoms with van der Waals surface area (Å²) in [5.41, 5.74) is 6.31. The van der Waals surface area contributed by atoms with Crippen molar-refractivity contribution in [2.24, 2.45) is 5.73 Å². The van der Waals surface area contributed by atoms with Gasteiger partial charge in [0.1, 0.15) is 0 Å². The zero-order valence-electron chi connectivity index (χ0n) is 12.1. The van der Waals surface area contributed by atoms with Crippen molar-refractivity contribution in [2.45, 2.75) is 24.8 Å². The Bertz CT molecular complexity index is 598. The molecule has 0 aliphatic rings. The number of benzene rings is 1. The maximum absolute atomic E-state index is 12.5. The number of methoxy groups -OCH3 is 1. The van der Waals surface area contributed by atoms with Gasteiger partial charge in [0.2, 0.25) is 10.0 Å². The van der Waals surface area contributed by atoms with Gasteiger partial charge in [-0.05, 0) is 26.0 Å². The van der Waals surface area contributed by atoms with E-state index in [1.165, 1.54) is 26.3 Å². The third-order valence-corrected chi connectivity index (χ3v) is 5.19. The first-order valence-electron chi connectivity index (χ1n) is 6.12. The minimum Gasteiger partial charge on any atom is -0.465 e. The molecule has 0 aliphatic heterocycles. The van der Waals surface area contributed by atoms with E-state index in [4.69, 9.17) is 5.73 Å². The number of nitrogens with zero attached hydrogens (tertiary/aromatic N) is 1. The van der Waals surface area contributed by atoms with Crippen LogP contribution >= 0.6 is 0 Å². The summed E-state index contributed by atoms with van der Waals surface area (Å²) in [6, 6.07) is 4.18. The highest BCUT2D eigenvalue weighted by atomic mass is 32.2. The fraction of sp³-hybridized carbons (Fsp3) is 0.462. The Hall–Kier alpha value is -1.44. The highest BCUT2D eigenvalue weighted by molar-refractivity contribution is 7.89. The molecule has 1 atom stereocenters. The van der Waals surface area contributed by atoms with Crippen molar-refractivity contribution in [1.82, 2.24) is 4.31 Å². The number of aryl methyl sites for hydroxylation is 1. The van der Waals surface area contributed by atoms with Crippen LogP contribution in [-0.4, -0.2) is 45.4 Å². The van der Waals surface area contributed by atoms with Crippen molar-refractivity contribution in [3.05, 3.63) is 29.3 Å². The predicted octanol–water partition coefficient (Wildman–Crippen LogP) is 0.749. The topological polar surface area (TPSA) is 89.7 Å². The first kappa shape index (κ1) is 16.6. The van der Waals surface area contributed by atoms with E-state index < -0.39 is 16.0 Å². The molecule has 0 aliphatic carbocycles. The molecule has 112 valence electrons. The van der Waals surface area contributed by atoms with E-state index in [0.717, 1.165) is 9.87 Å². The van der Waals surface area contributed by atoms with Crippen LogP contribution in [0.5, 0.6) is 0 Å². The molecule has 0 saturated heterocycles. The Morgan fingerprint density at radius 3 is 2.55 bits per heavy atom. The Balaban J connectivity index is 3.42. The third kappa shape index (κ3) is 3.17. The first-order valence-corrected chi connectivity index (χ1v) is 7.56. The van der Waals surface area contributed by atoms with Gasteiger partial charge in [0.15, 0.2) is 0 Å². The van der Waals surface area contributed by atoms with Gasteiger partial charge in [-0.15, -0.1) is 0 Å². The molecule has 2 N–H and O–H groups in total. The molecule has 0 spiro atoms. The molecule has 1 unspecified atom stereocenters. The lowest BCUT2D eigenvalue weighted by molar-refractivity contribution is 0.0596. The lowest BCUT2D eigenvalue weighted by Gasteiger charge is -2.24. The van der Waals surface area contributed by atoms with Crippen molar-refractivity contribution in [3.8, 4) is 0 Å². The Kier molecular flexibility index (Phi) is 5.27. The molecule has 0 bridgehead atoms. The molecule has 0 fully saturated rings. The maximum Gasteiger partial charge on any atom is 0.339 e. The van der Waals surface area contributed by atoms with Crippen molar-refractivity contribution in [3.63, 3.8) is 0 Å². The quantitative estimate of drug-likeness (QED) is 0.810. The molecule has 20 heavy (non-hydrogen) atoms. The second-order valence-corrected chi connectivity index (χ2v) is 6.56. The van der Waals surface area contributed by atoms with Crippen molar-refractivity contribution < 1.29 is 17.9 Å². The van der Waals surface area contributed by atoms with Crippen molar-refractivity contribution in [2.75, 3.05) is 20.7 Å². The Morgan fingerprint density at radius 1 is 1.45 bits per heavy atom. The zero-order chi connectivity index (χ0) is 15.5. The summed E-state index contributed by atoms with van der Waals surface area (Å²) in [6.07, 6.45) is 0. The maximum atomic E-state index is 12.5. The minimum absolute atomic E-state index is 0.0311. The van der Waals surface area contributed by atoms with Crippen LogP contribution in [0.1, 0.15) is 22.8 Å². The van der Waals surface area contributed by atoms with Crippen LogP contribution in [0.2, 0.25) is 0 Å². The average Bonchev–Trinajstić information content (AvgIpc) is 2.44. The first-order chi connectivity index (χ1) is 9.25. The summed E-state index contributed by atoms with van der Waals surface area (Å²) in [6.45, 7) is 3.66. The number of sulfonamides is 1. The van der Waals surface area contributed by atoms with Gasteiger partial charge >= 0.3 is 5.97 Å². The number of esters is 1. The molecule has 0 saturated carbocycles. The van der Waals surface area contributed by atoms with E-state index in [9.17, 15) is 13.2 Å². The number of hydrogen-bond acceptors (Lipinski definition) is 5. The Labute approximate surface area is 119 Å². The molecule has 6 nitrogen and oxygen atoms in total. The molecule has 1 aromatic rings. The minimum atomic E-state index is -3.80. The molecule has 0 radical (unpaired) electrons. The van der Waals surface area contributed by atoms with Gasteiger partial charge in [-0.3, -0.25) is 0 Å². The smallest absolute Gasteiger partial charge is 0.339 e. The van der Waals surface area contributed by atoms with Crippen molar-refractivity contribution in [1.29, 1.82) is 0 Å². The summed E-state index contributed by atoms with van der Waals surface area (Å²) < 4.78 is 30.9. The fourth-order valence-electron chi connectivity index (χ4n) is 1.68. The second-order valence-electron chi connectivity index (χ2n) is 4.60. The number of carbonyl (C=O) groups excluding carboxylic acids is 1. The molecule has 1 aromatic carbocycles. The zero-order valence-corrected chi connectivity index (χ0v) is 12.9. The van der Waals surface area contributed by atoms with Crippen LogP contribution in [0.4, 0.5) is 0 Å². The van der Waals surface area contributed by atoms with Gasteiger partial charge in [0, 0.05) is 19.6 Å². The van der Waals surface area contributed by atoms with Gasteiger partial charge < -0.3 is 10.5 Å². The Morgan fingerprint density at radius 2 is 2.05 bits per heavy atom. The number of nitrogens with two attached hydrogens (primary N) is 1. The standard InChI is InChI=1S/C13H20N2O4S/c1-9-5-6-12(11(7-9)13(16)19-4)20(17,18)15(3)10(2)8-14/h5-7,10H,8,14H2,1-4H3. The molecule has 0 heterocycles.